The fraction of sp³-hybridized carbons (Fsp3) is 0.300. The summed E-state index contributed by atoms with van der Waals surface area (Å²) in [5.41, 5.74) is 0.152. The van der Waals surface area contributed by atoms with Gasteiger partial charge in [-0.1, -0.05) is 0 Å². The maximum atomic E-state index is 13.5. The van der Waals surface area contributed by atoms with Crippen LogP contribution in [0, 0.1) is 5.82 Å². The molecular formula is C10H9ClFN3O2. The number of nitrogens with zero attached hydrogens (tertiary/aromatic N) is 2. The highest BCUT2D eigenvalue weighted by Crippen LogP contribution is 2.23. The molecule has 0 spiro atoms. The van der Waals surface area contributed by atoms with E-state index >= 15 is 0 Å². The number of nitrogens with one attached hydrogen (secondary N) is 1. The molecule has 2 rings (SSSR count). The first-order valence-corrected chi connectivity index (χ1v) is 5.47. The third-order valence-corrected chi connectivity index (χ3v) is 2.69. The maximum Gasteiger partial charge on any atom is 0.329 e. The molecule has 2 heterocycles. The van der Waals surface area contributed by atoms with Gasteiger partial charge in [-0.15, -0.1) is 11.6 Å². The van der Waals surface area contributed by atoms with Gasteiger partial charge in [-0.3, -0.25) is 15.0 Å². The van der Waals surface area contributed by atoms with E-state index in [1.165, 1.54) is 17.2 Å². The standard InChI is InChI=1S/C10H9ClFN3O2/c11-5-6-7(12)1-3-13-9(6)15-4-2-8(16)14-10(15)17/h1,3H,2,4-5H2,(H,14,16,17). The van der Waals surface area contributed by atoms with Gasteiger partial charge < -0.3 is 0 Å². The van der Waals surface area contributed by atoms with Crippen LogP contribution in [0.15, 0.2) is 12.3 Å². The van der Waals surface area contributed by atoms with E-state index in [4.69, 9.17) is 11.6 Å². The monoisotopic (exact) mass is 257 g/mol. The molecular weight excluding hydrogens is 249 g/mol. The molecule has 0 atom stereocenters. The predicted molar refractivity (Wildman–Crippen MR) is 59.3 cm³/mol. The van der Waals surface area contributed by atoms with Crippen LogP contribution in [0.2, 0.25) is 0 Å². The largest absolute Gasteiger partial charge is 0.329 e. The highest BCUT2D eigenvalue weighted by atomic mass is 35.5. The van der Waals surface area contributed by atoms with Crippen LogP contribution in [-0.4, -0.2) is 23.5 Å². The summed E-state index contributed by atoms with van der Waals surface area (Å²) in [7, 11) is 0. The molecule has 7 heteroatoms. The molecule has 1 fully saturated rings. The number of anilines is 1. The van der Waals surface area contributed by atoms with E-state index in [-0.39, 0.29) is 36.1 Å². The fourth-order valence-electron chi connectivity index (χ4n) is 1.58. The first-order valence-electron chi connectivity index (χ1n) is 4.94. The van der Waals surface area contributed by atoms with Crippen LogP contribution >= 0.6 is 11.6 Å². The number of urea groups is 1. The van der Waals surface area contributed by atoms with Crippen molar-refractivity contribution in [3.8, 4) is 0 Å². The Bertz CT molecular complexity index is 481. The van der Waals surface area contributed by atoms with Crippen molar-refractivity contribution in [3.63, 3.8) is 0 Å². The van der Waals surface area contributed by atoms with Gasteiger partial charge in [-0.25, -0.2) is 14.2 Å². The van der Waals surface area contributed by atoms with E-state index in [2.05, 4.69) is 10.3 Å². The molecule has 0 radical (unpaired) electrons. The Balaban J connectivity index is 2.37. The summed E-state index contributed by atoms with van der Waals surface area (Å²) >= 11 is 5.63. The average molecular weight is 258 g/mol. The van der Waals surface area contributed by atoms with Gasteiger partial charge >= 0.3 is 6.03 Å². The van der Waals surface area contributed by atoms with Crippen molar-refractivity contribution in [1.82, 2.24) is 10.3 Å². The molecule has 17 heavy (non-hydrogen) atoms. The Morgan fingerprint density at radius 1 is 1.53 bits per heavy atom. The average Bonchev–Trinajstić information content (AvgIpc) is 2.29. The van der Waals surface area contributed by atoms with Gasteiger partial charge in [0.1, 0.15) is 11.6 Å². The van der Waals surface area contributed by atoms with E-state index in [0.29, 0.717) is 0 Å². The minimum Gasteiger partial charge on any atom is -0.278 e. The zero-order valence-electron chi connectivity index (χ0n) is 8.74. The summed E-state index contributed by atoms with van der Waals surface area (Å²) in [6.07, 6.45) is 1.41. The van der Waals surface area contributed by atoms with Crippen LogP contribution in [0.5, 0.6) is 0 Å². The second-order valence-electron chi connectivity index (χ2n) is 3.48. The van der Waals surface area contributed by atoms with Gasteiger partial charge in [0.05, 0.1) is 5.88 Å². The number of hydrogen-bond acceptors (Lipinski definition) is 3. The molecule has 3 amide bonds. The molecule has 1 aliphatic heterocycles. The number of carbonyl (C=O) groups is 2. The molecule has 0 aliphatic carbocycles. The van der Waals surface area contributed by atoms with Crippen molar-refractivity contribution >= 4 is 29.4 Å². The molecule has 0 aromatic carbocycles. The second kappa shape index (κ2) is 4.67. The second-order valence-corrected chi connectivity index (χ2v) is 3.75. The number of amides is 3. The van der Waals surface area contributed by atoms with E-state index in [1.807, 2.05) is 0 Å². The lowest BCUT2D eigenvalue weighted by molar-refractivity contribution is -0.120. The van der Waals surface area contributed by atoms with Crippen LogP contribution in [0.25, 0.3) is 0 Å². The molecule has 1 aromatic heterocycles. The van der Waals surface area contributed by atoms with E-state index < -0.39 is 11.8 Å². The van der Waals surface area contributed by atoms with Gasteiger partial charge in [0.2, 0.25) is 5.91 Å². The third-order valence-electron chi connectivity index (χ3n) is 2.42. The summed E-state index contributed by atoms with van der Waals surface area (Å²) in [6.45, 7) is 0.172. The Morgan fingerprint density at radius 2 is 2.29 bits per heavy atom. The molecule has 0 bridgehead atoms. The van der Waals surface area contributed by atoms with Gasteiger partial charge in [0, 0.05) is 24.7 Å². The lowest BCUT2D eigenvalue weighted by atomic mass is 10.2. The number of rotatable bonds is 2. The Hall–Kier alpha value is -1.69. The summed E-state index contributed by atoms with van der Waals surface area (Å²) in [5.74, 6) is -0.804. The number of alkyl halides is 1. The van der Waals surface area contributed by atoms with Gasteiger partial charge in [0.25, 0.3) is 0 Å². The van der Waals surface area contributed by atoms with Crippen molar-refractivity contribution in [2.75, 3.05) is 11.4 Å². The van der Waals surface area contributed by atoms with Crippen LogP contribution in [0.4, 0.5) is 15.0 Å². The smallest absolute Gasteiger partial charge is 0.278 e. The molecule has 90 valence electrons. The van der Waals surface area contributed by atoms with Crippen molar-refractivity contribution in [2.24, 2.45) is 0 Å². The zero-order valence-corrected chi connectivity index (χ0v) is 9.50. The number of hydrogen-bond donors (Lipinski definition) is 1. The maximum absolute atomic E-state index is 13.5. The minimum absolute atomic E-state index is 0.0905. The molecule has 1 aromatic rings. The predicted octanol–water partition coefficient (Wildman–Crippen LogP) is 1.41. The Kier molecular flexibility index (Phi) is 3.23. The van der Waals surface area contributed by atoms with E-state index in [0.717, 1.165) is 0 Å². The highest BCUT2D eigenvalue weighted by Gasteiger charge is 2.27. The topological polar surface area (TPSA) is 62.3 Å². The Labute approximate surface area is 102 Å². The fourth-order valence-corrected chi connectivity index (χ4v) is 1.83. The van der Waals surface area contributed by atoms with E-state index in [9.17, 15) is 14.0 Å². The first kappa shape index (κ1) is 11.8. The van der Waals surface area contributed by atoms with Gasteiger partial charge in [-0.05, 0) is 6.07 Å². The number of imide groups is 1. The molecule has 1 saturated heterocycles. The van der Waals surface area contributed by atoms with Crippen LogP contribution in [-0.2, 0) is 10.7 Å². The van der Waals surface area contributed by atoms with Crippen molar-refractivity contribution in [3.05, 3.63) is 23.6 Å². The van der Waals surface area contributed by atoms with Gasteiger partial charge in [0.15, 0.2) is 0 Å². The summed E-state index contributed by atoms with van der Waals surface area (Å²) in [4.78, 5) is 27.7. The normalized spacial score (nSPS) is 16.0. The lowest BCUT2D eigenvalue weighted by Crippen LogP contribution is -2.50. The van der Waals surface area contributed by atoms with Crippen molar-refractivity contribution < 1.29 is 14.0 Å². The van der Waals surface area contributed by atoms with E-state index in [1.54, 1.807) is 0 Å². The summed E-state index contributed by atoms with van der Waals surface area (Å²) in [6, 6.07) is 0.569. The van der Waals surface area contributed by atoms with Crippen LogP contribution in [0.3, 0.4) is 0 Å². The third kappa shape index (κ3) is 2.21. The minimum atomic E-state index is -0.606. The first-order chi connectivity index (χ1) is 8.13. The molecule has 5 nitrogen and oxygen atoms in total. The number of pyridine rings is 1. The summed E-state index contributed by atoms with van der Waals surface area (Å²) < 4.78 is 13.5. The highest BCUT2D eigenvalue weighted by molar-refractivity contribution is 6.17. The number of carbonyl (C=O) groups excluding carboxylic acids is 2. The van der Waals surface area contributed by atoms with Crippen molar-refractivity contribution in [2.45, 2.75) is 12.3 Å². The Morgan fingerprint density at radius 3 is 2.94 bits per heavy atom. The van der Waals surface area contributed by atoms with Crippen LogP contribution < -0.4 is 10.2 Å². The van der Waals surface area contributed by atoms with Crippen LogP contribution in [0.1, 0.15) is 12.0 Å². The van der Waals surface area contributed by atoms with Crippen molar-refractivity contribution in [1.29, 1.82) is 0 Å². The summed E-state index contributed by atoms with van der Waals surface area (Å²) in [5, 5.41) is 2.14. The lowest BCUT2D eigenvalue weighted by Gasteiger charge is -2.26. The number of halogens is 2. The SMILES string of the molecule is O=C1CCN(c2nccc(F)c2CCl)C(=O)N1. The molecule has 0 unspecified atom stereocenters. The molecule has 1 N–H and O–H groups in total. The van der Waals surface area contributed by atoms with Gasteiger partial charge in [-0.2, -0.15) is 0 Å². The zero-order chi connectivity index (χ0) is 12.4. The molecule has 0 saturated carbocycles. The number of aromatic nitrogens is 1. The quantitative estimate of drug-likeness (QED) is 0.815. The molecule has 1 aliphatic rings.